The van der Waals surface area contributed by atoms with Crippen molar-refractivity contribution in [2.24, 2.45) is 5.92 Å². The molecule has 4 nitrogen and oxygen atoms in total. The minimum atomic E-state index is -0.778. The van der Waals surface area contributed by atoms with Gasteiger partial charge in [0.1, 0.15) is 0 Å². The lowest BCUT2D eigenvalue weighted by Crippen LogP contribution is -2.40. The highest BCUT2D eigenvalue weighted by Crippen LogP contribution is 2.24. The quantitative estimate of drug-likeness (QED) is 0.887. The van der Waals surface area contributed by atoms with Gasteiger partial charge in [-0.15, -0.1) is 0 Å². The second kappa shape index (κ2) is 7.84. The van der Waals surface area contributed by atoms with E-state index in [0.717, 1.165) is 24.9 Å². The first-order valence-corrected chi connectivity index (χ1v) is 8.15. The zero-order valence-corrected chi connectivity index (χ0v) is 13.7. The van der Waals surface area contributed by atoms with Crippen LogP contribution in [0.5, 0.6) is 0 Å². The van der Waals surface area contributed by atoms with Crippen LogP contribution < -0.4 is 0 Å². The fourth-order valence-electron chi connectivity index (χ4n) is 2.79. The third kappa shape index (κ3) is 4.89. The van der Waals surface area contributed by atoms with Gasteiger partial charge in [0.15, 0.2) is 0 Å². The van der Waals surface area contributed by atoms with E-state index in [4.69, 9.17) is 28.3 Å². The first kappa shape index (κ1) is 17.1. The minimum absolute atomic E-state index is 0.0541. The topological polar surface area (TPSA) is 57.6 Å². The number of hydrogen-bond donors (Lipinski definition) is 1. The second-order valence-corrected chi connectivity index (χ2v) is 6.52. The molecule has 1 saturated heterocycles. The zero-order chi connectivity index (χ0) is 16.1. The molecule has 0 spiro atoms. The Morgan fingerprint density at radius 1 is 1.27 bits per heavy atom. The maximum atomic E-state index is 12.4. The van der Waals surface area contributed by atoms with Gasteiger partial charge >= 0.3 is 5.97 Å². The molecule has 1 aliphatic rings. The number of rotatable bonds is 5. The Balaban J connectivity index is 1.91. The van der Waals surface area contributed by atoms with Gasteiger partial charge in [-0.3, -0.25) is 9.59 Å². The highest BCUT2D eigenvalue weighted by Gasteiger charge is 2.24. The summed E-state index contributed by atoms with van der Waals surface area (Å²) < 4.78 is 0. The summed E-state index contributed by atoms with van der Waals surface area (Å²) in [6.07, 6.45) is 3.01. The van der Waals surface area contributed by atoms with E-state index in [-0.39, 0.29) is 18.2 Å². The monoisotopic (exact) mass is 343 g/mol. The van der Waals surface area contributed by atoms with Crippen LogP contribution >= 0.6 is 23.2 Å². The molecule has 1 aliphatic heterocycles. The lowest BCUT2D eigenvalue weighted by Gasteiger charge is -2.32. The van der Waals surface area contributed by atoms with E-state index < -0.39 is 5.97 Å². The smallest absolute Gasteiger partial charge is 0.303 e. The van der Waals surface area contributed by atoms with Crippen LogP contribution in [0.15, 0.2) is 18.2 Å². The van der Waals surface area contributed by atoms with E-state index in [0.29, 0.717) is 29.4 Å². The molecule has 1 amide bonds. The Kier molecular flexibility index (Phi) is 6.09. The van der Waals surface area contributed by atoms with E-state index >= 15 is 0 Å². The molecule has 22 heavy (non-hydrogen) atoms. The molecular weight excluding hydrogens is 325 g/mol. The number of piperidine rings is 1. The average Bonchev–Trinajstić information content (AvgIpc) is 2.49. The van der Waals surface area contributed by atoms with Gasteiger partial charge in [0.05, 0.1) is 16.5 Å². The van der Waals surface area contributed by atoms with Gasteiger partial charge in [-0.1, -0.05) is 29.3 Å². The van der Waals surface area contributed by atoms with Crippen molar-refractivity contribution in [3.05, 3.63) is 33.8 Å². The van der Waals surface area contributed by atoms with Gasteiger partial charge in [0.25, 0.3) is 0 Å². The number of halogens is 2. The Morgan fingerprint density at radius 2 is 2.05 bits per heavy atom. The van der Waals surface area contributed by atoms with Crippen LogP contribution in [-0.2, 0) is 16.0 Å². The highest BCUT2D eigenvalue weighted by molar-refractivity contribution is 6.42. The van der Waals surface area contributed by atoms with Crippen molar-refractivity contribution in [1.29, 1.82) is 0 Å². The summed E-state index contributed by atoms with van der Waals surface area (Å²) in [5.41, 5.74) is 0.840. The van der Waals surface area contributed by atoms with E-state index in [1.54, 1.807) is 18.2 Å². The van der Waals surface area contributed by atoms with Crippen molar-refractivity contribution in [1.82, 2.24) is 4.90 Å². The maximum absolute atomic E-state index is 12.4. The zero-order valence-electron chi connectivity index (χ0n) is 12.2. The third-order valence-corrected chi connectivity index (χ3v) is 4.72. The first-order valence-electron chi connectivity index (χ1n) is 7.39. The lowest BCUT2D eigenvalue weighted by molar-refractivity contribution is -0.137. The SMILES string of the molecule is O=C(O)CCC1CCCN(C(=O)Cc2ccc(Cl)c(Cl)c2)C1. The summed E-state index contributed by atoms with van der Waals surface area (Å²) >= 11 is 11.8. The number of nitrogens with zero attached hydrogens (tertiary/aromatic N) is 1. The second-order valence-electron chi connectivity index (χ2n) is 5.71. The summed E-state index contributed by atoms with van der Waals surface area (Å²) in [6.45, 7) is 1.39. The molecule has 1 atom stereocenters. The van der Waals surface area contributed by atoms with Crippen molar-refractivity contribution >= 4 is 35.1 Å². The molecule has 1 N–H and O–H groups in total. The summed E-state index contributed by atoms with van der Waals surface area (Å²) in [5, 5.41) is 9.68. The standard InChI is InChI=1S/C16H19Cl2NO3/c17-13-5-3-12(8-14(13)18)9-15(20)19-7-1-2-11(10-19)4-6-16(21)22/h3,5,8,11H,1-2,4,6-7,9-10H2,(H,21,22). The predicted molar refractivity (Wildman–Crippen MR) is 86.3 cm³/mol. The minimum Gasteiger partial charge on any atom is -0.481 e. The molecule has 2 rings (SSSR count). The lowest BCUT2D eigenvalue weighted by atomic mass is 9.93. The number of likely N-dealkylation sites (tertiary alicyclic amines) is 1. The Hall–Kier alpha value is -1.26. The molecule has 1 unspecified atom stereocenters. The molecule has 1 fully saturated rings. The van der Waals surface area contributed by atoms with Gasteiger partial charge in [-0.25, -0.2) is 0 Å². The van der Waals surface area contributed by atoms with Crippen LogP contribution in [0, 0.1) is 5.92 Å². The maximum Gasteiger partial charge on any atom is 0.303 e. The first-order chi connectivity index (χ1) is 10.5. The molecule has 0 aromatic heterocycles. The normalized spacial score (nSPS) is 18.3. The van der Waals surface area contributed by atoms with Crippen molar-refractivity contribution in [3.63, 3.8) is 0 Å². The highest BCUT2D eigenvalue weighted by atomic mass is 35.5. The number of carboxylic acid groups (broad SMARTS) is 1. The van der Waals surface area contributed by atoms with Crippen molar-refractivity contribution in [3.8, 4) is 0 Å². The molecule has 0 bridgehead atoms. The Morgan fingerprint density at radius 3 is 2.73 bits per heavy atom. The molecule has 120 valence electrons. The van der Waals surface area contributed by atoms with Crippen molar-refractivity contribution < 1.29 is 14.7 Å². The number of carboxylic acids is 1. The molecule has 1 aromatic carbocycles. The van der Waals surface area contributed by atoms with Crippen LogP contribution in [-0.4, -0.2) is 35.0 Å². The molecule has 0 saturated carbocycles. The molecule has 0 radical (unpaired) electrons. The fraction of sp³-hybridized carbons (Fsp3) is 0.500. The molecule has 0 aliphatic carbocycles. The molecule has 1 aromatic rings. The van der Waals surface area contributed by atoms with E-state index in [2.05, 4.69) is 0 Å². The van der Waals surface area contributed by atoms with E-state index in [1.807, 2.05) is 4.90 Å². The van der Waals surface area contributed by atoms with E-state index in [1.165, 1.54) is 0 Å². The van der Waals surface area contributed by atoms with Gasteiger partial charge in [-0.05, 0) is 42.9 Å². The van der Waals surface area contributed by atoms with Crippen LogP contribution in [0.4, 0.5) is 0 Å². The van der Waals surface area contributed by atoms with Gasteiger partial charge in [0, 0.05) is 19.5 Å². The number of carbonyl (C=O) groups is 2. The van der Waals surface area contributed by atoms with Gasteiger partial charge in [-0.2, -0.15) is 0 Å². The summed E-state index contributed by atoms with van der Waals surface area (Å²) in [7, 11) is 0. The van der Waals surface area contributed by atoms with Crippen molar-refractivity contribution in [2.45, 2.75) is 32.1 Å². The fourth-order valence-corrected chi connectivity index (χ4v) is 3.11. The van der Waals surface area contributed by atoms with Crippen LogP contribution in [0.2, 0.25) is 10.0 Å². The Labute approximate surface area is 140 Å². The average molecular weight is 344 g/mol. The van der Waals surface area contributed by atoms with E-state index in [9.17, 15) is 9.59 Å². The number of hydrogen-bond acceptors (Lipinski definition) is 2. The van der Waals surface area contributed by atoms with Crippen LogP contribution in [0.25, 0.3) is 0 Å². The summed E-state index contributed by atoms with van der Waals surface area (Å²) in [5.74, 6) is -0.444. The summed E-state index contributed by atoms with van der Waals surface area (Å²) in [6, 6.07) is 5.21. The third-order valence-electron chi connectivity index (χ3n) is 3.98. The molecule has 1 heterocycles. The number of aliphatic carboxylic acids is 1. The Bertz CT molecular complexity index is 562. The number of amides is 1. The summed E-state index contributed by atoms with van der Waals surface area (Å²) in [4.78, 5) is 24.9. The van der Waals surface area contributed by atoms with Crippen LogP contribution in [0.1, 0.15) is 31.2 Å². The molecule has 6 heteroatoms. The number of carbonyl (C=O) groups excluding carboxylic acids is 1. The number of benzene rings is 1. The molecular formula is C16H19Cl2NO3. The van der Waals surface area contributed by atoms with Gasteiger partial charge in [0.2, 0.25) is 5.91 Å². The predicted octanol–water partition coefficient (Wildman–Crippen LogP) is 3.64. The van der Waals surface area contributed by atoms with Crippen molar-refractivity contribution in [2.75, 3.05) is 13.1 Å². The largest absolute Gasteiger partial charge is 0.481 e. The van der Waals surface area contributed by atoms with Gasteiger partial charge < -0.3 is 10.0 Å². The van der Waals surface area contributed by atoms with Crippen LogP contribution in [0.3, 0.4) is 0 Å².